The smallest absolute Gasteiger partial charge is 0.271 e. The quantitative estimate of drug-likeness (QED) is 0.463. The molecule has 3 rings (SSSR count). The summed E-state index contributed by atoms with van der Waals surface area (Å²) in [6.07, 6.45) is 1.51. The Balaban J connectivity index is 1.66. The second-order valence-corrected chi connectivity index (χ2v) is 5.64. The molecule has 0 saturated carbocycles. The van der Waals surface area contributed by atoms with Gasteiger partial charge in [-0.2, -0.15) is 5.10 Å². The minimum atomic E-state index is -0.399. The third-order valence-corrected chi connectivity index (χ3v) is 3.90. The zero-order chi connectivity index (χ0) is 15.5. The maximum atomic E-state index is 11.9. The van der Waals surface area contributed by atoms with Crippen LogP contribution in [0.2, 0.25) is 0 Å². The summed E-state index contributed by atoms with van der Waals surface area (Å²) in [7, 11) is 0. The molecule has 1 heterocycles. The van der Waals surface area contributed by atoms with E-state index in [2.05, 4.69) is 10.5 Å². The number of nitrogens with zero attached hydrogens (tertiary/aromatic N) is 1. The lowest BCUT2D eigenvalue weighted by molar-refractivity contribution is 0.0954. The molecule has 0 fully saturated rings. The van der Waals surface area contributed by atoms with Crippen molar-refractivity contribution in [3.8, 4) is 17.2 Å². The molecule has 1 aliphatic heterocycles. The Morgan fingerprint density at radius 3 is 2.86 bits per heavy atom. The molecule has 1 amide bonds. The Hall–Kier alpha value is -2.29. The van der Waals surface area contributed by atoms with Crippen molar-refractivity contribution in [2.24, 2.45) is 5.10 Å². The molecule has 7 heteroatoms. The largest absolute Gasteiger partial charge is 0.507 e. The van der Waals surface area contributed by atoms with E-state index in [9.17, 15) is 9.90 Å². The zero-order valence-electron chi connectivity index (χ0n) is 11.2. The lowest BCUT2D eigenvalue weighted by Crippen LogP contribution is -2.17. The van der Waals surface area contributed by atoms with Crippen LogP contribution in [0.15, 0.2) is 41.5 Å². The fourth-order valence-electron chi connectivity index (χ4n) is 1.88. The molecular formula is C15H11IN2O4. The van der Waals surface area contributed by atoms with Gasteiger partial charge in [0.15, 0.2) is 11.5 Å². The Bertz CT molecular complexity index is 761. The van der Waals surface area contributed by atoms with Crippen molar-refractivity contribution in [2.45, 2.75) is 0 Å². The fourth-order valence-corrected chi connectivity index (χ4v) is 2.21. The number of halogens is 1. The molecule has 112 valence electrons. The molecule has 22 heavy (non-hydrogen) atoms. The summed E-state index contributed by atoms with van der Waals surface area (Å²) < 4.78 is 11.2. The fraction of sp³-hybridized carbons (Fsp3) is 0.0667. The SMILES string of the molecule is O=C(N/N=C/c1ccc2c(c1)OCO2)c1ccc(I)c(O)c1. The van der Waals surface area contributed by atoms with E-state index >= 15 is 0 Å². The number of fused-ring (bicyclic) bond motifs is 1. The minimum Gasteiger partial charge on any atom is -0.507 e. The number of phenolic OH excluding ortho intramolecular Hbond substituents is 1. The van der Waals surface area contributed by atoms with E-state index in [4.69, 9.17) is 9.47 Å². The summed E-state index contributed by atoms with van der Waals surface area (Å²) in [6, 6.07) is 10.0. The summed E-state index contributed by atoms with van der Waals surface area (Å²) in [4.78, 5) is 11.9. The van der Waals surface area contributed by atoms with Gasteiger partial charge in [-0.3, -0.25) is 4.79 Å². The first kappa shape index (κ1) is 14.6. The van der Waals surface area contributed by atoms with Gasteiger partial charge in [0.05, 0.1) is 9.78 Å². The van der Waals surface area contributed by atoms with Gasteiger partial charge in [0.1, 0.15) is 5.75 Å². The highest BCUT2D eigenvalue weighted by atomic mass is 127. The van der Waals surface area contributed by atoms with Crippen molar-refractivity contribution >= 4 is 34.7 Å². The van der Waals surface area contributed by atoms with Gasteiger partial charge in [0, 0.05) is 5.56 Å². The molecule has 2 N–H and O–H groups in total. The molecule has 0 bridgehead atoms. The Morgan fingerprint density at radius 1 is 1.23 bits per heavy atom. The standard InChI is InChI=1S/C15H11IN2O4/c16-11-3-2-10(6-12(11)19)15(20)18-17-7-9-1-4-13-14(5-9)22-8-21-13/h1-7,19H,8H2,(H,18,20)/b17-7+. The van der Waals surface area contributed by atoms with Gasteiger partial charge in [-0.1, -0.05) is 0 Å². The molecule has 2 aromatic carbocycles. The molecular weight excluding hydrogens is 399 g/mol. The Kier molecular flexibility index (Phi) is 4.14. The number of hydrazone groups is 1. The zero-order valence-corrected chi connectivity index (χ0v) is 13.4. The van der Waals surface area contributed by atoms with E-state index in [0.717, 1.165) is 5.56 Å². The monoisotopic (exact) mass is 410 g/mol. The van der Waals surface area contributed by atoms with Gasteiger partial charge >= 0.3 is 0 Å². The third kappa shape index (κ3) is 3.14. The first-order valence-electron chi connectivity index (χ1n) is 6.35. The number of carbonyl (C=O) groups excluding carboxylic acids is 1. The Morgan fingerprint density at radius 2 is 2.05 bits per heavy atom. The second-order valence-electron chi connectivity index (χ2n) is 4.48. The Labute approximate surface area is 139 Å². The number of carbonyl (C=O) groups is 1. The number of rotatable bonds is 3. The predicted octanol–water partition coefficient (Wildman–Crippen LogP) is 2.49. The average Bonchev–Trinajstić information content (AvgIpc) is 2.97. The predicted molar refractivity (Wildman–Crippen MR) is 88.4 cm³/mol. The second kappa shape index (κ2) is 6.22. The molecule has 0 unspecified atom stereocenters. The van der Waals surface area contributed by atoms with Gasteiger partial charge in [-0.25, -0.2) is 5.43 Å². The molecule has 6 nitrogen and oxygen atoms in total. The van der Waals surface area contributed by atoms with Crippen molar-refractivity contribution in [3.63, 3.8) is 0 Å². The van der Waals surface area contributed by atoms with Crippen molar-refractivity contribution in [2.75, 3.05) is 6.79 Å². The number of aromatic hydroxyl groups is 1. The highest BCUT2D eigenvalue weighted by molar-refractivity contribution is 14.1. The summed E-state index contributed by atoms with van der Waals surface area (Å²) >= 11 is 1.98. The van der Waals surface area contributed by atoms with E-state index in [-0.39, 0.29) is 12.5 Å². The number of hydrogen-bond acceptors (Lipinski definition) is 5. The maximum absolute atomic E-state index is 11.9. The van der Waals surface area contributed by atoms with Crippen molar-refractivity contribution < 1.29 is 19.4 Å². The van der Waals surface area contributed by atoms with Crippen LogP contribution in [0.1, 0.15) is 15.9 Å². The molecule has 0 aliphatic carbocycles. The molecule has 0 atom stereocenters. The van der Waals surface area contributed by atoms with Crippen LogP contribution in [0.4, 0.5) is 0 Å². The molecule has 0 aromatic heterocycles. The summed E-state index contributed by atoms with van der Waals surface area (Å²) in [5.74, 6) is 1.00. The highest BCUT2D eigenvalue weighted by Crippen LogP contribution is 2.31. The van der Waals surface area contributed by atoms with Crippen LogP contribution in [0.25, 0.3) is 0 Å². The van der Waals surface area contributed by atoms with Crippen LogP contribution in [0.5, 0.6) is 17.2 Å². The summed E-state index contributed by atoms with van der Waals surface area (Å²) in [5, 5.41) is 13.5. The minimum absolute atomic E-state index is 0.0630. The number of benzene rings is 2. The van der Waals surface area contributed by atoms with E-state index in [1.54, 1.807) is 30.3 Å². The van der Waals surface area contributed by atoms with Crippen LogP contribution < -0.4 is 14.9 Å². The first-order valence-corrected chi connectivity index (χ1v) is 7.43. The van der Waals surface area contributed by atoms with Gasteiger partial charge in [-0.05, 0) is 64.6 Å². The van der Waals surface area contributed by atoms with E-state index < -0.39 is 5.91 Å². The van der Waals surface area contributed by atoms with E-state index in [1.807, 2.05) is 22.6 Å². The molecule has 0 saturated heterocycles. The van der Waals surface area contributed by atoms with E-state index in [0.29, 0.717) is 20.6 Å². The van der Waals surface area contributed by atoms with Crippen LogP contribution in [-0.4, -0.2) is 24.0 Å². The molecule has 0 radical (unpaired) electrons. The lowest BCUT2D eigenvalue weighted by atomic mass is 10.2. The highest BCUT2D eigenvalue weighted by Gasteiger charge is 2.12. The van der Waals surface area contributed by atoms with Crippen molar-refractivity contribution in [1.82, 2.24) is 5.43 Å². The van der Waals surface area contributed by atoms with Crippen LogP contribution in [0, 0.1) is 3.57 Å². The summed E-state index contributed by atoms with van der Waals surface area (Å²) in [6.45, 7) is 0.211. The number of ether oxygens (including phenoxy) is 2. The number of amides is 1. The van der Waals surface area contributed by atoms with Crippen LogP contribution in [0.3, 0.4) is 0 Å². The van der Waals surface area contributed by atoms with Gasteiger partial charge < -0.3 is 14.6 Å². The normalized spacial score (nSPS) is 12.6. The summed E-state index contributed by atoms with van der Waals surface area (Å²) in [5.41, 5.74) is 3.51. The molecule has 2 aromatic rings. The van der Waals surface area contributed by atoms with E-state index in [1.165, 1.54) is 12.3 Å². The average molecular weight is 410 g/mol. The maximum Gasteiger partial charge on any atom is 0.271 e. The number of nitrogens with one attached hydrogen (secondary N) is 1. The number of hydrogen-bond donors (Lipinski definition) is 2. The third-order valence-electron chi connectivity index (χ3n) is 2.98. The molecule has 1 aliphatic rings. The lowest BCUT2D eigenvalue weighted by Gasteiger charge is -2.02. The topological polar surface area (TPSA) is 80.2 Å². The molecule has 0 spiro atoms. The first-order chi connectivity index (χ1) is 10.6. The van der Waals surface area contributed by atoms with Gasteiger partial charge in [0.2, 0.25) is 6.79 Å². The van der Waals surface area contributed by atoms with Gasteiger partial charge in [0.25, 0.3) is 5.91 Å². The van der Waals surface area contributed by atoms with Crippen molar-refractivity contribution in [3.05, 3.63) is 51.1 Å². The van der Waals surface area contributed by atoms with Gasteiger partial charge in [-0.15, -0.1) is 0 Å². The van der Waals surface area contributed by atoms with Crippen molar-refractivity contribution in [1.29, 1.82) is 0 Å². The van der Waals surface area contributed by atoms with Crippen LogP contribution >= 0.6 is 22.6 Å². The van der Waals surface area contributed by atoms with Crippen LogP contribution in [-0.2, 0) is 0 Å². The number of phenols is 1.